The number of carbonyl (C=O) groups excluding carboxylic acids is 1. The number of halogens is 1. The van der Waals surface area contributed by atoms with Gasteiger partial charge in [0.15, 0.2) is 0 Å². The van der Waals surface area contributed by atoms with E-state index in [0.29, 0.717) is 18.0 Å². The van der Waals surface area contributed by atoms with Gasteiger partial charge in [-0.25, -0.2) is 0 Å². The molecule has 2 heterocycles. The third-order valence-corrected chi connectivity index (χ3v) is 5.29. The molecule has 0 saturated carbocycles. The van der Waals surface area contributed by atoms with Crippen molar-refractivity contribution in [2.24, 2.45) is 0 Å². The van der Waals surface area contributed by atoms with E-state index in [2.05, 4.69) is 4.98 Å². The van der Waals surface area contributed by atoms with E-state index in [1.807, 2.05) is 42.2 Å². The van der Waals surface area contributed by atoms with E-state index in [9.17, 15) is 9.90 Å². The maximum Gasteiger partial charge on any atom is 0.223 e. The number of nitrogens with one attached hydrogen (secondary N) is 1. The largest absolute Gasteiger partial charge is 0.508 e. The molecule has 4 rings (SSSR count). The van der Waals surface area contributed by atoms with Crippen molar-refractivity contribution in [3.8, 4) is 5.75 Å². The summed E-state index contributed by atoms with van der Waals surface area (Å²) in [4.78, 5) is 18.2. The summed E-state index contributed by atoms with van der Waals surface area (Å²) in [7, 11) is 0. The zero-order valence-electron chi connectivity index (χ0n) is 14.6. The van der Waals surface area contributed by atoms with Crippen LogP contribution in [0.5, 0.6) is 5.75 Å². The third-order valence-electron chi connectivity index (χ3n) is 5.06. The number of rotatable bonds is 3. The maximum absolute atomic E-state index is 12.8. The van der Waals surface area contributed by atoms with Gasteiger partial charge in [-0.3, -0.25) is 4.79 Å². The summed E-state index contributed by atoms with van der Waals surface area (Å²) in [6.07, 6.45) is 2.13. The quantitative estimate of drug-likeness (QED) is 0.697. The van der Waals surface area contributed by atoms with Crippen LogP contribution < -0.4 is 0 Å². The number of amides is 1. The first-order chi connectivity index (χ1) is 12.6. The highest BCUT2D eigenvalue weighted by molar-refractivity contribution is 6.31. The Morgan fingerprint density at radius 3 is 2.92 bits per heavy atom. The average Bonchev–Trinajstić information content (AvgIpc) is 2.99. The predicted molar refractivity (Wildman–Crippen MR) is 104 cm³/mol. The van der Waals surface area contributed by atoms with Crippen molar-refractivity contribution in [3.63, 3.8) is 0 Å². The number of fused-ring (bicyclic) bond motifs is 3. The molecule has 1 aromatic heterocycles. The Hall–Kier alpha value is -2.46. The van der Waals surface area contributed by atoms with Crippen molar-refractivity contribution < 1.29 is 9.90 Å². The zero-order valence-corrected chi connectivity index (χ0v) is 15.4. The van der Waals surface area contributed by atoms with Gasteiger partial charge in [-0.05, 0) is 54.3 Å². The molecular formula is C21H21ClN2O2. The molecule has 0 aliphatic carbocycles. The average molecular weight is 369 g/mol. The first-order valence-corrected chi connectivity index (χ1v) is 9.34. The fraction of sp³-hybridized carbons (Fsp3) is 0.286. The molecule has 5 heteroatoms. The van der Waals surface area contributed by atoms with E-state index < -0.39 is 0 Å². The van der Waals surface area contributed by atoms with Gasteiger partial charge in [-0.2, -0.15) is 0 Å². The highest BCUT2D eigenvalue weighted by atomic mass is 35.5. The van der Waals surface area contributed by atoms with Crippen molar-refractivity contribution in [1.82, 2.24) is 9.88 Å². The Kier molecular flexibility index (Phi) is 4.37. The van der Waals surface area contributed by atoms with Crippen molar-refractivity contribution in [1.29, 1.82) is 0 Å². The fourth-order valence-electron chi connectivity index (χ4n) is 3.93. The second-order valence-corrected chi connectivity index (χ2v) is 7.23. The standard InChI is InChI=1S/C21H21ClN2O2/c1-2-4-19(26)24-10-9-16-17-12-14(22)7-8-18(17)23-20(16)21(24)13-5-3-6-15(25)11-13/h3,5-8,11-12,21,23,25H,2,4,9-10H2,1H3. The summed E-state index contributed by atoms with van der Waals surface area (Å²) >= 11 is 6.20. The van der Waals surface area contributed by atoms with Crippen LogP contribution in [0.15, 0.2) is 42.5 Å². The van der Waals surface area contributed by atoms with Crippen molar-refractivity contribution in [2.45, 2.75) is 32.2 Å². The second kappa shape index (κ2) is 6.69. The molecule has 134 valence electrons. The smallest absolute Gasteiger partial charge is 0.223 e. The van der Waals surface area contributed by atoms with Crippen LogP contribution in [0.25, 0.3) is 10.9 Å². The van der Waals surface area contributed by atoms with Gasteiger partial charge in [-0.1, -0.05) is 30.7 Å². The van der Waals surface area contributed by atoms with Crippen LogP contribution >= 0.6 is 11.6 Å². The minimum absolute atomic E-state index is 0.142. The number of carbonyl (C=O) groups is 1. The number of phenolic OH excluding ortho intramolecular Hbond substituents is 1. The molecule has 4 nitrogen and oxygen atoms in total. The number of nitrogens with zero attached hydrogens (tertiary/aromatic N) is 1. The summed E-state index contributed by atoms with van der Waals surface area (Å²) in [6.45, 7) is 2.67. The van der Waals surface area contributed by atoms with Gasteiger partial charge >= 0.3 is 0 Å². The Morgan fingerprint density at radius 2 is 2.15 bits per heavy atom. The summed E-state index contributed by atoms with van der Waals surface area (Å²) in [5.41, 5.74) is 4.15. The predicted octanol–water partition coefficient (Wildman–Crippen LogP) is 4.80. The highest BCUT2D eigenvalue weighted by Crippen LogP contribution is 2.40. The van der Waals surface area contributed by atoms with E-state index in [4.69, 9.17) is 11.6 Å². The second-order valence-electron chi connectivity index (χ2n) is 6.79. The molecule has 1 amide bonds. The van der Waals surface area contributed by atoms with Gasteiger partial charge in [0.25, 0.3) is 0 Å². The molecule has 3 aromatic rings. The Labute approximate surface area is 157 Å². The number of benzene rings is 2. The lowest BCUT2D eigenvalue weighted by molar-refractivity contribution is -0.133. The van der Waals surface area contributed by atoms with Crippen LogP contribution in [0.4, 0.5) is 0 Å². The minimum atomic E-state index is -0.226. The Bertz CT molecular complexity index is 979. The van der Waals surface area contributed by atoms with Gasteiger partial charge in [0.05, 0.1) is 6.04 Å². The molecule has 0 radical (unpaired) electrons. The van der Waals surface area contributed by atoms with Gasteiger partial charge in [0.2, 0.25) is 5.91 Å². The van der Waals surface area contributed by atoms with Crippen LogP contribution in [-0.2, 0) is 11.2 Å². The lowest BCUT2D eigenvalue weighted by Crippen LogP contribution is -2.40. The number of aromatic nitrogens is 1. The molecule has 0 spiro atoms. The van der Waals surface area contributed by atoms with Gasteiger partial charge in [0, 0.05) is 34.6 Å². The van der Waals surface area contributed by atoms with E-state index >= 15 is 0 Å². The van der Waals surface area contributed by atoms with E-state index in [0.717, 1.165) is 35.0 Å². The van der Waals surface area contributed by atoms with Crippen LogP contribution in [0.2, 0.25) is 5.02 Å². The van der Waals surface area contributed by atoms with E-state index in [1.165, 1.54) is 5.56 Å². The van der Waals surface area contributed by atoms with E-state index in [1.54, 1.807) is 12.1 Å². The van der Waals surface area contributed by atoms with Crippen LogP contribution in [0.3, 0.4) is 0 Å². The molecule has 1 atom stereocenters. The minimum Gasteiger partial charge on any atom is -0.508 e. The van der Waals surface area contributed by atoms with Crippen LogP contribution in [-0.4, -0.2) is 27.4 Å². The Morgan fingerprint density at radius 1 is 1.31 bits per heavy atom. The lowest BCUT2D eigenvalue weighted by Gasteiger charge is -2.36. The summed E-state index contributed by atoms with van der Waals surface area (Å²) in [5, 5.41) is 11.8. The normalized spacial score (nSPS) is 16.7. The third kappa shape index (κ3) is 2.84. The van der Waals surface area contributed by atoms with Gasteiger partial charge < -0.3 is 15.0 Å². The maximum atomic E-state index is 12.8. The molecule has 1 aliphatic rings. The summed E-state index contributed by atoms with van der Waals surface area (Å²) in [5.74, 6) is 0.347. The van der Waals surface area contributed by atoms with Gasteiger partial charge in [0.1, 0.15) is 5.75 Å². The molecule has 1 unspecified atom stereocenters. The monoisotopic (exact) mass is 368 g/mol. The first kappa shape index (κ1) is 17.0. The van der Waals surface area contributed by atoms with Crippen molar-refractivity contribution in [2.75, 3.05) is 6.54 Å². The number of hydrogen-bond acceptors (Lipinski definition) is 2. The zero-order chi connectivity index (χ0) is 18.3. The number of aromatic amines is 1. The molecule has 0 bridgehead atoms. The SMILES string of the molecule is CCCC(=O)N1CCc2c([nH]c3ccc(Cl)cc23)C1c1cccc(O)c1. The van der Waals surface area contributed by atoms with Crippen molar-refractivity contribution in [3.05, 3.63) is 64.3 Å². The Balaban J connectivity index is 1.89. The topological polar surface area (TPSA) is 56.3 Å². The van der Waals surface area contributed by atoms with Crippen molar-refractivity contribution >= 4 is 28.4 Å². The summed E-state index contributed by atoms with van der Waals surface area (Å²) in [6, 6.07) is 12.8. The molecule has 0 saturated heterocycles. The molecule has 26 heavy (non-hydrogen) atoms. The highest BCUT2D eigenvalue weighted by Gasteiger charge is 2.34. The van der Waals surface area contributed by atoms with Gasteiger partial charge in [-0.15, -0.1) is 0 Å². The van der Waals surface area contributed by atoms with Crippen LogP contribution in [0, 0.1) is 0 Å². The number of H-pyrrole nitrogens is 1. The van der Waals surface area contributed by atoms with E-state index in [-0.39, 0.29) is 17.7 Å². The molecule has 0 fully saturated rings. The lowest BCUT2D eigenvalue weighted by atomic mass is 9.92. The molecule has 2 N–H and O–H groups in total. The first-order valence-electron chi connectivity index (χ1n) is 8.97. The number of aromatic hydroxyl groups is 1. The summed E-state index contributed by atoms with van der Waals surface area (Å²) < 4.78 is 0. The molecule has 2 aromatic carbocycles. The number of hydrogen-bond donors (Lipinski definition) is 2. The number of phenols is 1. The van der Waals surface area contributed by atoms with Crippen LogP contribution in [0.1, 0.15) is 42.6 Å². The molecule has 1 aliphatic heterocycles. The molecular weight excluding hydrogens is 348 g/mol. The fourth-order valence-corrected chi connectivity index (χ4v) is 4.10.